The number of carbonyl (C=O) groups is 1. The fourth-order valence-corrected chi connectivity index (χ4v) is 1.77. The topological polar surface area (TPSA) is 50.4 Å². The van der Waals surface area contributed by atoms with Crippen molar-refractivity contribution in [2.24, 2.45) is 0 Å². The fourth-order valence-electron chi connectivity index (χ4n) is 1.53. The lowest BCUT2D eigenvalue weighted by molar-refractivity contribution is -0.121. The average Bonchev–Trinajstić information content (AvgIpc) is 2.34. The molecule has 0 spiro atoms. The van der Waals surface area contributed by atoms with Crippen LogP contribution in [0.4, 0.5) is 4.39 Å². The molecule has 0 unspecified atom stereocenters. The molecule has 0 bridgehead atoms. The molecule has 19 heavy (non-hydrogen) atoms. The van der Waals surface area contributed by atoms with Crippen molar-refractivity contribution in [1.82, 2.24) is 10.6 Å². The van der Waals surface area contributed by atoms with E-state index in [1.807, 2.05) is 0 Å². The highest BCUT2D eigenvalue weighted by Gasteiger charge is 2.01. The second-order valence-corrected chi connectivity index (χ2v) is 4.48. The van der Waals surface area contributed by atoms with Crippen LogP contribution in [0, 0.1) is 5.82 Å². The number of ether oxygens (including phenoxy) is 1. The van der Waals surface area contributed by atoms with Gasteiger partial charge < -0.3 is 15.4 Å². The normalized spacial score (nSPS) is 10.5. The van der Waals surface area contributed by atoms with Gasteiger partial charge in [-0.1, -0.05) is 11.6 Å². The van der Waals surface area contributed by atoms with E-state index in [0.717, 1.165) is 5.56 Å². The van der Waals surface area contributed by atoms with Crippen LogP contribution in [0.1, 0.15) is 12.0 Å². The highest BCUT2D eigenvalue weighted by Crippen LogP contribution is 2.13. The highest BCUT2D eigenvalue weighted by molar-refractivity contribution is 6.30. The molecule has 6 heteroatoms. The molecular weight excluding hydrogens is 271 g/mol. The molecule has 0 atom stereocenters. The molecule has 1 aromatic carbocycles. The van der Waals surface area contributed by atoms with Crippen molar-refractivity contribution in [3.05, 3.63) is 34.6 Å². The highest BCUT2D eigenvalue weighted by atomic mass is 35.5. The first-order chi connectivity index (χ1) is 9.11. The number of amides is 1. The zero-order valence-corrected chi connectivity index (χ0v) is 11.6. The number of benzene rings is 1. The quantitative estimate of drug-likeness (QED) is 0.716. The maximum atomic E-state index is 13.1. The van der Waals surface area contributed by atoms with Crippen LogP contribution >= 0.6 is 11.6 Å². The van der Waals surface area contributed by atoms with E-state index < -0.39 is 0 Å². The van der Waals surface area contributed by atoms with Crippen LogP contribution in [0.25, 0.3) is 0 Å². The minimum absolute atomic E-state index is 0.0400. The van der Waals surface area contributed by atoms with Crippen LogP contribution in [0.3, 0.4) is 0 Å². The second-order valence-electron chi connectivity index (χ2n) is 4.05. The largest absolute Gasteiger partial charge is 0.383 e. The Kier molecular flexibility index (Phi) is 7.40. The van der Waals surface area contributed by atoms with E-state index in [4.69, 9.17) is 16.3 Å². The molecule has 0 radical (unpaired) electrons. The van der Waals surface area contributed by atoms with Gasteiger partial charge in [0.25, 0.3) is 0 Å². The standard InChI is InChI=1S/C13H18ClFN2O2/c1-19-5-4-17-13(18)2-3-16-9-10-6-11(14)8-12(15)7-10/h6-8,16H,2-5,9H2,1H3,(H,17,18). The molecule has 0 saturated carbocycles. The number of methoxy groups -OCH3 is 1. The summed E-state index contributed by atoms with van der Waals surface area (Å²) in [6.45, 7) is 2.01. The van der Waals surface area contributed by atoms with Crippen molar-refractivity contribution in [2.45, 2.75) is 13.0 Å². The van der Waals surface area contributed by atoms with Gasteiger partial charge >= 0.3 is 0 Å². The minimum Gasteiger partial charge on any atom is -0.383 e. The molecule has 1 amide bonds. The predicted molar refractivity (Wildman–Crippen MR) is 72.6 cm³/mol. The molecule has 2 N–H and O–H groups in total. The summed E-state index contributed by atoms with van der Waals surface area (Å²) in [7, 11) is 1.58. The van der Waals surface area contributed by atoms with E-state index in [-0.39, 0.29) is 11.7 Å². The summed E-state index contributed by atoms with van der Waals surface area (Å²) in [6.07, 6.45) is 0.368. The molecule has 1 aromatic rings. The van der Waals surface area contributed by atoms with Crippen molar-refractivity contribution in [2.75, 3.05) is 26.8 Å². The van der Waals surface area contributed by atoms with Crippen LogP contribution in [0.2, 0.25) is 5.02 Å². The zero-order chi connectivity index (χ0) is 14.1. The van der Waals surface area contributed by atoms with E-state index in [1.54, 1.807) is 13.2 Å². The smallest absolute Gasteiger partial charge is 0.221 e. The number of hydrogen-bond donors (Lipinski definition) is 2. The number of halogens is 2. The van der Waals surface area contributed by atoms with Crippen molar-refractivity contribution >= 4 is 17.5 Å². The van der Waals surface area contributed by atoms with E-state index >= 15 is 0 Å². The summed E-state index contributed by atoms with van der Waals surface area (Å²) in [5.74, 6) is -0.400. The second kappa shape index (κ2) is 8.85. The molecule has 0 aromatic heterocycles. The lowest BCUT2D eigenvalue weighted by atomic mass is 10.2. The third kappa shape index (κ3) is 7.10. The van der Waals surface area contributed by atoms with Gasteiger partial charge in [0.15, 0.2) is 0 Å². The molecule has 1 rings (SSSR count). The van der Waals surface area contributed by atoms with E-state index in [9.17, 15) is 9.18 Å². The Morgan fingerprint density at radius 3 is 2.84 bits per heavy atom. The SMILES string of the molecule is COCCNC(=O)CCNCc1cc(F)cc(Cl)c1. The van der Waals surface area contributed by atoms with Gasteiger partial charge in [-0.05, 0) is 23.8 Å². The van der Waals surface area contributed by atoms with Gasteiger partial charge in [-0.15, -0.1) is 0 Å². The summed E-state index contributed by atoms with van der Waals surface area (Å²) in [5.41, 5.74) is 0.754. The van der Waals surface area contributed by atoms with Gasteiger partial charge in [0.05, 0.1) is 6.61 Å². The molecule has 0 heterocycles. The molecular formula is C13H18ClFN2O2. The van der Waals surface area contributed by atoms with Gasteiger partial charge in [0.1, 0.15) is 5.82 Å². The molecule has 0 aliphatic heterocycles. The lowest BCUT2D eigenvalue weighted by Crippen LogP contribution is -2.29. The maximum Gasteiger partial charge on any atom is 0.221 e. The average molecular weight is 289 g/mol. The van der Waals surface area contributed by atoms with Crippen molar-refractivity contribution in [3.63, 3.8) is 0 Å². The van der Waals surface area contributed by atoms with Crippen LogP contribution in [0.15, 0.2) is 18.2 Å². The number of carbonyl (C=O) groups excluding carboxylic acids is 1. The summed E-state index contributed by atoms with van der Waals surface area (Å²) in [4.78, 5) is 11.3. The van der Waals surface area contributed by atoms with Gasteiger partial charge in [-0.3, -0.25) is 4.79 Å². The first kappa shape index (κ1) is 15.9. The van der Waals surface area contributed by atoms with E-state index in [1.165, 1.54) is 12.1 Å². The maximum absolute atomic E-state index is 13.1. The Hall–Kier alpha value is -1.17. The molecule has 0 aliphatic carbocycles. The minimum atomic E-state index is -0.360. The summed E-state index contributed by atoms with van der Waals surface area (Å²) in [6, 6.07) is 4.36. The Labute approximate surface area is 117 Å². The monoisotopic (exact) mass is 288 g/mol. The summed E-state index contributed by atoms with van der Waals surface area (Å²) < 4.78 is 17.9. The van der Waals surface area contributed by atoms with Crippen LogP contribution < -0.4 is 10.6 Å². The lowest BCUT2D eigenvalue weighted by Gasteiger charge is -2.07. The van der Waals surface area contributed by atoms with E-state index in [0.29, 0.717) is 37.7 Å². The molecule has 0 aliphatic rings. The van der Waals surface area contributed by atoms with Crippen molar-refractivity contribution < 1.29 is 13.9 Å². The Morgan fingerprint density at radius 1 is 1.37 bits per heavy atom. The van der Waals surface area contributed by atoms with Gasteiger partial charge in [0, 0.05) is 38.2 Å². The van der Waals surface area contributed by atoms with Gasteiger partial charge in [-0.25, -0.2) is 4.39 Å². The molecule has 0 fully saturated rings. The number of nitrogens with one attached hydrogen (secondary N) is 2. The molecule has 0 saturated heterocycles. The summed E-state index contributed by atoms with van der Waals surface area (Å²) in [5, 5.41) is 6.15. The summed E-state index contributed by atoms with van der Waals surface area (Å²) >= 11 is 5.74. The van der Waals surface area contributed by atoms with Crippen LogP contribution in [-0.2, 0) is 16.1 Å². The van der Waals surface area contributed by atoms with Crippen LogP contribution in [-0.4, -0.2) is 32.7 Å². The predicted octanol–water partition coefficient (Wildman–Crippen LogP) is 1.72. The Balaban J connectivity index is 2.18. The Morgan fingerprint density at radius 2 is 2.16 bits per heavy atom. The van der Waals surface area contributed by atoms with Gasteiger partial charge in [0.2, 0.25) is 5.91 Å². The zero-order valence-electron chi connectivity index (χ0n) is 10.8. The Bertz CT molecular complexity index is 395. The molecule has 106 valence electrons. The number of hydrogen-bond acceptors (Lipinski definition) is 3. The third-order valence-corrected chi connectivity index (χ3v) is 2.63. The van der Waals surface area contributed by atoms with Gasteiger partial charge in [-0.2, -0.15) is 0 Å². The number of rotatable bonds is 8. The van der Waals surface area contributed by atoms with Crippen molar-refractivity contribution in [3.8, 4) is 0 Å². The van der Waals surface area contributed by atoms with Crippen LogP contribution in [0.5, 0.6) is 0 Å². The fraction of sp³-hybridized carbons (Fsp3) is 0.462. The van der Waals surface area contributed by atoms with E-state index in [2.05, 4.69) is 10.6 Å². The first-order valence-corrected chi connectivity index (χ1v) is 6.41. The van der Waals surface area contributed by atoms with Crippen molar-refractivity contribution in [1.29, 1.82) is 0 Å². The third-order valence-electron chi connectivity index (χ3n) is 2.41. The molecule has 4 nitrogen and oxygen atoms in total. The first-order valence-electron chi connectivity index (χ1n) is 6.03.